The van der Waals surface area contributed by atoms with E-state index in [1.165, 1.54) is 0 Å². The molecule has 0 aliphatic heterocycles. The molecular weight excluding hydrogens is 392 g/mol. The summed E-state index contributed by atoms with van der Waals surface area (Å²) in [5, 5.41) is 3.81. The van der Waals surface area contributed by atoms with Crippen LogP contribution < -0.4 is 4.90 Å². The molecule has 31 heavy (non-hydrogen) atoms. The Labute approximate surface area is 186 Å². The lowest BCUT2D eigenvalue weighted by Crippen LogP contribution is -2.30. The highest BCUT2D eigenvalue weighted by molar-refractivity contribution is 5.98. The molecule has 0 fully saturated rings. The molecule has 0 N–H and O–H groups in total. The van der Waals surface area contributed by atoms with Crippen LogP contribution in [0.2, 0.25) is 0 Å². The standard InChI is InChI=1S/C25H36N2O4/c1-6-9-24(26-31-20-28)13-10-23-11-14-25(15-12-23)27(16-18-29-21(4)7-2)17-19-30-22(5)8-3/h10-15,20H,4-9,16-19H2,1-3H3/b13-10+,26-24-. The van der Waals surface area contributed by atoms with Crippen molar-refractivity contribution in [2.75, 3.05) is 31.2 Å². The van der Waals surface area contributed by atoms with E-state index in [0.29, 0.717) is 19.7 Å². The predicted octanol–water partition coefficient (Wildman–Crippen LogP) is 5.72. The van der Waals surface area contributed by atoms with Crippen LogP contribution in [0.5, 0.6) is 0 Å². The minimum atomic E-state index is 0.325. The van der Waals surface area contributed by atoms with E-state index in [9.17, 15) is 4.79 Å². The third kappa shape index (κ3) is 11.1. The average Bonchev–Trinajstić information content (AvgIpc) is 2.79. The number of hydrogen-bond donors (Lipinski definition) is 0. The molecule has 0 spiro atoms. The minimum absolute atomic E-state index is 0.325. The van der Waals surface area contributed by atoms with E-state index >= 15 is 0 Å². The van der Waals surface area contributed by atoms with Crippen molar-refractivity contribution < 1.29 is 19.1 Å². The molecule has 0 saturated carbocycles. The average molecular weight is 429 g/mol. The largest absolute Gasteiger partial charge is 0.497 e. The first-order valence-corrected chi connectivity index (χ1v) is 10.8. The van der Waals surface area contributed by atoms with E-state index in [2.05, 4.69) is 40.2 Å². The number of hydrogen-bond acceptors (Lipinski definition) is 6. The van der Waals surface area contributed by atoms with E-state index in [1.54, 1.807) is 0 Å². The number of carbonyl (C=O) groups excluding carboxylic acids is 1. The second kappa shape index (κ2) is 15.8. The maximum atomic E-state index is 10.4. The quantitative estimate of drug-likeness (QED) is 0.104. The lowest BCUT2D eigenvalue weighted by atomic mass is 10.1. The summed E-state index contributed by atoms with van der Waals surface area (Å²) < 4.78 is 11.4. The Morgan fingerprint density at radius 1 is 1.00 bits per heavy atom. The van der Waals surface area contributed by atoms with Gasteiger partial charge in [-0.25, -0.2) is 0 Å². The summed E-state index contributed by atoms with van der Waals surface area (Å²) in [5.41, 5.74) is 2.84. The SMILES string of the molecule is C=C(CC)OCCN(CCOC(=C)CC)c1ccc(/C=C/C(CCC)=N\OC=O)cc1. The highest BCUT2D eigenvalue weighted by Gasteiger charge is 2.08. The zero-order valence-electron chi connectivity index (χ0n) is 19.1. The number of rotatable bonds is 17. The number of benzene rings is 1. The fourth-order valence-electron chi connectivity index (χ4n) is 2.67. The summed E-state index contributed by atoms with van der Waals surface area (Å²) in [6, 6.07) is 8.23. The number of oxime groups is 1. The van der Waals surface area contributed by atoms with Crippen LogP contribution in [0.25, 0.3) is 6.08 Å². The molecular formula is C25H36N2O4. The van der Waals surface area contributed by atoms with Crippen LogP contribution in [0, 0.1) is 0 Å². The smallest absolute Gasteiger partial charge is 0.323 e. The zero-order valence-corrected chi connectivity index (χ0v) is 19.1. The Balaban J connectivity index is 2.82. The summed E-state index contributed by atoms with van der Waals surface area (Å²) in [7, 11) is 0. The number of carbonyl (C=O) groups is 1. The second-order valence-electron chi connectivity index (χ2n) is 6.93. The van der Waals surface area contributed by atoms with Crippen molar-refractivity contribution in [2.24, 2.45) is 5.16 Å². The van der Waals surface area contributed by atoms with Gasteiger partial charge in [0.1, 0.15) is 13.2 Å². The predicted molar refractivity (Wildman–Crippen MR) is 128 cm³/mol. The molecule has 0 atom stereocenters. The normalized spacial score (nSPS) is 11.3. The van der Waals surface area contributed by atoms with Gasteiger partial charge in [0, 0.05) is 18.5 Å². The summed E-state index contributed by atoms with van der Waals surface area (Å²) in [4.78, 5) is 17.1. The van der Waals surface area contributed by atoms with Crippen molar-refractivity contribution in [3.8, 4) is 0 Å². The third-order valence-electron chi connectivity index (χ3n) is 4.57. The Kier molecular flexibility index (Phi) is 13.2. The van der Waals surface area contributed by atoms with E-state index in [4.69, 9.17) is 9.47 Å². The van der Waals surface area contributed by atoms with Gasteiger partial charge in [0.2, 0.25) is 0 Å². The molecule has 170 valence electrons. The molecule has 0 amide bonds. The topological polar surface area (TPSA) is 60.4 Å². The van der Waals surface area contributed by atoms with Crippen LogP contribution >= 0.6 is 0 Å². The fraction of sp³-hybridized carbons (Fsp3) is 0.440. The second-order valence-corrected chi connectivity index (χ2v) is 6.93. The maximum Gasteiger partial charge on any atom is 0.323 e. The Morgan fingerprint density at radius 3 is 2.06 bits per heavy atom. The molecule has 0 aliphatic carbocycles. The maximum absolute atomic E-state index is 10.4. The van der Waals surface area contributed by atoms with E-state index < -0.39 is 0 Å². The summed E-state index contributed by atoms with van der Waals surface area (Å²) >= 11 is 0. The van der Waals surface area contributed by atoms with E-state index in [1.807, 2.05) is 45.1 Å². The molecule has 0 unspecified atom stereocenters. The molecule has 0 aromatic heterocycles. The number of nitrogens with zero attached hydrogens (tertiary/aromatic N) is 2. The first kappa shape index (κ1) is 26.0. The highest BCUT2D eigenvalue weighted by Crippen LogP contribution is 2.17. The van der Waals surface area contributed by atoms with Crippen molar-refractivity contribution in [1.82, 2.24) is 0 Å². The van der Waals surface area contributed by atoms with Crippen molar-refractivity contribution in [2.45, 2.75) is 46.5 Å². The summed E-state index contributed by atoms with van der Waals surface area (Å²) in [5.74, 6) is 1.58. The lowest BCUT2D eigenvalue weighted by Gasteiger charge is -2.25. The first-order valence-electron chi connectivity index (χ1n) is 10.8. The van der Waals surface area contributed by atoms with Gasteiger partial charge in [-0.1, -0.05) is 63.7 Å². The summed E-state index contributed by atoms with van der Waals surface area (Å²) in [6.45, 7) is 16.8. The van der Waals surface area contributed by atoms with Gasteiger partial charge in [-0.2, -0.15) is 0 Å². The van der Waals surface area contributed by atoms with Gasteiger partial charge in [0.15, 0.2) is 0 Å². The molecule has 1 aromatic rings. The van der Waals surface area contributed by atoms with Gasteiger partial charge in [-0.05, 0) is 30.2 Å². The third-order valence-corrected chi connectivity index (χ3v) is 4.57. The van der Waals surface area contributed by atoms with Gasteiger partial charge >= 0.3 is 6.47 Å². The molecule has 6 nitrogen and oxygen atoms in total. The Morgan fingerprint density at radius 2 is 1.58 bits per heavy atom. The molecule has 0 bridgehead atoms. The monoisotopic (exact) mass is 428 g/mol. The highest BCUT2D eigenvalue weighted by atomic mass is 16.7. The number of anilines is 1. The summed E-state index contributed by atoms with van der Waals surface area (Å²) in [6.07, 6.45) is 7.09. The van der Waals surface area contributed by atoms with Gasteiger partial charge in [-0.15, -0.1) is 0 Å². The van der Waals surface area contributed by atoms with Crippen LogP contribution in [0.1, 0.15) is 52.0 Å². The van der Waals surface area contributed by atoms with Gasteiger partial charge in [-0.3, -0.25) is 4.79 Å². The van der Waals surface area contributed by atoms with Crippen LogP contribution in [0.3, 0.4) is 0 Å². The van der Waals surface area contributed by atoms with Crippen molar-refractivity contribution in [3.63, 3.8) is 0 Å². The van der Waals surface area contributed by atoms with Crippen LogP contribution in [-0.2, 0) is 19.1 Å². The molecule has 0 radical (unpaired) electrons. The Bertz CT molecular complexity index is 716. The molecule has 6 heteroatoms. The van der Waals surface area contributed by atoms with Crippen LogP contribution in [-0.4, -0.2) is 38.5 Å². The molecule has 0 heterocycles. The fourth-order valence-corrected chi connectivity index (χ4v) is 2.67. The number of allylic oxidation sites excluding steroid dienone is 3. The van der Waals surface area contributed by atoms with Crippen LogP contribution in [0.4, 0.5) is 5.69 Å². The van der Waals surface area contributed by atoms with Crippen LogP contribution in [0.15, 0.2) is 60.2 Å². The molecule has 0 aliphatic rings. The number of ether oxygens (including phenoxy) is 2. The first-order chi connectivity index (χ1) is 15.0. The minimum Gasteiger partial charge on any atom is -0.497 e. The van der Waals surface area contributed by atoms with Crippen molar-refractivity contribution in [3.05, 3.63) is 60.6 Å². The molecule has 0 saturated heterocycles. The van der Waals surface area contributed by atoms with E-state index in [-0.39, 0.29) is 0 Å². The van der Waals surface area contributed by atoms with Gasteiger partial charge in [0.25, 0.3) is 0 Å². The van der Waals surface area contributed by atoms with Crippen molar-refractivity contribution in [1.29, 1.82) is 0 Å². The Hall–Kier alpha value is -3.02. The molecule has 1 aromatic carbocycles. The zero-order chi connectivity index (χ0) is 22.9. The lowest BCUT2D eigenvalue weighted by molar-refractivity contribution is -0.128. The van der Waals surface area contributed by atoms with Crippen molar-refractivity contribution >= 4 is 23.9 Å². The van der Waals surface area contributed by atoms with Gasteiger partial charge in [0.05, 0.1) is 30.3 Å². The molecule has 1 rings (SSSR count). The van der Waals surface area contributed by atoms with E-state index in [0.717, 1.165) is 67.3 Å². The van der Waals surface area contributed by atoms with Gasteiger partial charge < -0.3 is 19.2 Å².